The molecule has 0 saturated carbocycles. The van der Waals surface area contributed by atoms with Crippen LogP contribution in [0, 0.1) is 0 Å². The number of benzene rings is 5. The highest BCUT2D eigenvalue weighted by Crippen LogP contribution is 2.16. The molecule has 0 radical (unpaired) electrons. The van der Waals surface area contributed by atoms with Crippen LogP contribution < -0.4 is 31.3 Å². The van der Waals surface area contributed by atoms with Gasteiger partial charge in [-0.3, -0.25) is 0 Å². The maximum atomic E-state index is 9.06. The van der Waals surface area contributed by atoms with E-state index in [1.807, 2.05) is 24.0 Å². The number of hydrogen-bond acceptors (Lipinski definition) is 2. The fraction of sp³-hybridized carbons (Fsp3) is 0.119. The molecule has 0 aliphatic rings. The quantitative estimate of drug-likeness (QED) is 0.164. The van der Waals surface area contributed by atoms with E-state index >= 15 is 0 Å². The van der Waals surface area contributed by atoms with Crippen molar-refractivity contribution < 1.29 is 9.67 Å². The largest absolute Gasteiger partial charge is 0.395 e. The number of aromatic nitrogens is 1. The van der Waals surface area contributed by atoms with E-state index in [4.69, 9.17) is 5.11 Å². The van der Waals surface area contributed by atoms with Crippen molar-refractivity contribution in [2.45, 2.75) is 6.92 Å². The van der Waals surface area contributed by atoms with Gasteiger partial charge < -0.3 is 10.0 Å². The van der Waals surface area contributed by atoms with E-state index in [1.165, 1.54) is 33.0 Å². The minimum atomic E-state index is -1.22. The van der Waals surface area contributed by atoms with Crippen LogP contribution in [0.25, 0.3) is 12.2 Å². The number of aliphatic hydroxyl groups is 1. The Morgan fingerprint density at radius 3 is 1.26 bits per heavy atom. The number of hydrogen-bond donors (Lipinski definition) is 1. The first-order chi connectivity index (χ1) is 22.6. The zero-order valence-electron chi connectivity index (χ0n) is 26.9. The Balaban J connectivity index is 0.000000184. The lowest BCUT2D eigenvalue weighted by molar-refractivity contribution is -0.671. The Morgan fingerprint density at radius 2 is 0.913 bits per heavy atom. The summed E-state index contributed by atoms with van der Waals surface area (Å²) in [5.74, 6) is 0. The average molecular weight is 603 g/mol. The molecule has 0 amide bonds. The van der Waals surface area contributed by atoms with Gasteiger partial charge in [-0.15, -0.1) is 0 Å². The Bertz CT molecular complexity index is 1590. The second kappa shape index (κ2) is 16.2. The molecular weight excluding hydrogens is 559 g/mol. The molecule has 0 aliphatic carbocycles. The van der Waals surface area contributed by atoms with E-state index in [9.17, 15) is 0 Å². The Labute approximate surface area is 274 Å². The molecule has 46 heavy (non-hydrogen) atoms. The summed E-state index contributed by atoms with van der Waals surface area (Å²) in [7, 11) is 2.01. The predicted molar refractivity (Wildman–Crippen MR) is 198 cm³/mol. The van der Waals surface area contributed by atoms with E-state index in [1.54, 1.807) is 0 Å². The molecule has 230 valence electrons. The SMILES string of the molecule is CCN(CCO)c1ccc(/C=C/c2cc[n+](C)cc2)cc1.c1ccc([B-](c2ccccc2)(c2ccccc2)c2ccccc2)cc1. The lowest BCUT2D eigenvalue weighted by Crippen LogP contribution is -2.74. The van der Waals surface area contributed by atoms with Crippen molar-refractivity contribution in [2.75, 3.05) is 24.6 Å². The van der Waals surface area contributed by atoms with Gasteiger partial charge in [0, 0.05) is 30.9 Å². The second-order valence-electron chi connectivity index (χ2n) is 11.5. The minimum absolute atomic E-state index is 0.181. The van der Waals surface area contributed by atoms with Crippen molar-refractivity contribution >= 4 is 45.8 Å². The highest BCUT2D eigenvalue weighted by Gasteiger charge is 2.31. The second-order valence-corrected chi connectivity index (χ2v) is 11.5. The van der Waals surface area contributed by atoms with Crippen LogP contribution >= 0.6 is 0 Å². The topological polar surface area (TPSA) is 27.3 Å². The van der Waals surface area contributed by atoms with E-state index < -0.39 is 6.15 Å². The Hall–Kier alpha value is -5.19. The Kier molecular flexibility index (Phi) is 11.4. The number of anilines is 1. The summed E-state index contributed by atoms with van der Waals surface area (Å²) in [5.41, 5.74) is 8.87. The van der Waals surface area contributed by atoms with E-state index in [-0.39, 0.29) is 6.61 Å². The van der Waals surface area contributed by atoms with Gasteiger partial charge in [-0.05, 0) is 30.2 Å². The van der Waals surface area contributed by atoms with Crippen molar-refractivity contribution in [2.24, 2.45) is 7.05 Å². The number of aryl methyl sites for hydroxylation is 1. The molecule has 0 atom stereocenters. The standard InChI is InChI=1S/C24H20B.C18H23N2O/c1-5-13-21(14-6-1)25(22-15-7-2-8-16-22,23-17-9-3-10-18-23)24-19-11-4-12-20-24;1-3-20(14-15-21)18-8-6-16(7-9-18)4-5-17-10-12-19(2)13-11-17/h1-20H;4-13,21H,3,14-15H2,1-2H3/q-1;+1. The van der Waals surface area contributed by atoms with Crippen LogP contribution in [-0.2, 0) is 7.05 Å². The normalized spacial score (nSPS) is 11.1. The molecule has 0 saturated heterocycles. The van der Waals surface area contributed by atoms with Gasteiger partial charge in [0.15, 0.2) is 12.4 Å². The summed E-state index contributed by atoms with van der Waals surface area (Å²) in [6.45, 7) is 3.85. The summed E-state index contributed by atoms with van der Waals surface area (Å²) in [6, 6.07) is 56.1. The lowest BCUT2D eigenvalue weighted by Gasteiger charge is -2.44. The maximum Gasteiger partial charge on any atom is 0.169 e. The predicted octanol–water partition coefficient (Wildman–Crippen LogP) is 5.56. The van der Waals surface area contributed by atoms with Gasteiger partial charge in [-0.1, -0.05) is 146 Å². The molecule has 0 unspecified atom stereocenters. The van der Waals surface area contributed by atoms with Crippen LogP contribution in [-0.4, -0.2) is 30.9 Å². The van der Waals surface area contributed by atoms with Crippen molar-refractivity contribution in [3.63, 3.8) is 0 Å². The summed E-state index contributed by atoms with van der Waals surface area (Å²) in [4.78, 5) is 2.16. The molecule has 6 rings (SSSR count). The zero-order chi connectivity index (χ0) is 32.0. The van der Waals surface area contributed by atoms with Gasteiger partial charge in [0.2, 0.25) is 0 Å². The number of nitrogens with zero attached hydrogens (tertiary/aromatic N) is 2. The third-order valence-corrected chi connectivity index (χ3v) is 8.68. The number of rotatable bonds is 10. The smallest absolute Gasteiger partial charge is 0.169 e. The van der Waals surface area contributed by atoms with Crippen LogP contribution in [0.4, 0.5) is 5.69 Å². The van der Waals surface area contributed by atoms with Gasteiger partial charge >= 0.3 is 0 Å². The number of pyridine rings is 1. The number of likely N-dealkylation sites (N-methyl/N-ethyl adjacent to an activating group) is 1. The van der Waals surface area contributed by atoms with Crippen molar-refractivity contribution in [1.82, 2.24) is 0 Å². The van der Waals surface area contributed by atoms with Crippen LogP contribution in [0.15, 0.2) is 170 Å². The van der Waals surface area contributed by atoms with Gasteiger partial charge in [0.25, 0.3) is 0 Å². The minimum Gasteiger partial charge on any atom is -0.395 e. The average Bonchev–Trinajstić information content (AvgIpc) is 3.13. The first-order valence-electron chi connectivity index (χ1n) is 16.1. The van der Waals surface area contributed by atoms with Crippen LogP contribution in [0.5, 0.6) is 0 Å². The molecule has 5 aromatic carbocycles. The first kappa shape index (κ1) is 32.2. The van der Waals surface area contributed by atoms with Crippen LogP contribution in [0.1, 0.15) is 18.1 Å². The van der Waals surface area contributed by atoms with Crippen molar-refractivity contribution in [3.05, 3.63) is 181 Å². The lowest BCUT2D eigenvalue weighted by atomic mass is 9.13. The summed E-state index contributed by atoms with van der Waals surface area (Å²) >= 11 is 0. The highest BCUT2D eigenvalue weighted by molar-refractivity contribution is 7.19. The van der Waals surface area contributed by atoms with Gasteiger partial charge in [0.05, 0.1) is 6.61 Å². The molecule has 1 heterocycles. The van der Waals surface area contributed by atoms with Gasteiger partial charge in [-0.2, -0.15) is 21.9 Å². The van der Waals surface area contributed by atoms with Crippen LogP contribution in [0.2, 0.25) is 0 Å². The fourth-order valence-electron chi connectivity index (χ4n) is 6.32. The van der Waals surface area contributed by atoms with Gasteiger partial charge in [0.1, 0.15) is 13.2 Å². The molecule has 1 aromatic heterocycles. The maximum absolute atomic E-state index is 9.06. The Morgan fingerprint density at radius 1 is 0.543 bits per heavy atom. The van der Waals surface area contributed by atoms with Gasteiger partial charge in [-0.25, -0.2) is 4.57 Å². The van der Waals surface area contributed by atoms with E-state index in [2.05, 4.69) is 182 Å². The summed E-state index contributed by atoms with van der Waals surface area (Å²) in [6.07, 6.45) is 7.09. The highest BCUT2D eigenvalue weighted by atomic mass is 16.3. The molecule has 4 heteroatoms. The zero-order valence-corrected chi connectivity index (χ0v) is 26.9. The third kappa shape index (κ3) is 7.72. The van der Waals surface area contributed by atoms with Crippen LogP contribution in [0.3, 0.4) is 0 Å². The monoisotopic (exact) mass is 602 g/mol. The molecule has 3 nitrogen and oxygen atoms in total. The molecule has 1 N–H and O–H groups in total. The first-order valence-corrected chi connectivity index (χ1v) is 16.1. The van der Waals surface area contributed by atoms with Crippen molar-refractivity contribution in [1.29, 1.82) is 0 Å². The fourth-order valence-corrected chi connectivity index (χ4v) is 6.32. The molecule has 0 fully saturated rings. The summed E-state index contributed by atoms with van der Waals surface area (Å²) < 4.78 is 2.02. The third-order valence-electron chi connectivity index (χ3n) is 8.68. The molecule has 0 aliphatic heterocycles. The molecule has 6 aromatic rings. The van der Waals surface area contributed by atoms with E-state index in [0.717, 1.165) is 12.2 Å². The molecular formula is C42H43BN2O. The number of aliphatic hydroxyl groups excluding tert-OH is 1. The van der Waals surface area contributed by atoms with Crippen molar-refractivity contribution in [3.8, 4) is 0 Å². The molecule has 0 bridgehead atoms. The summed E-state index contributed by atoms with van der Waals surface area (Å²) in [5, 5.41) is 9.06. The van der Waals surface area contributed by atoms with E-state index in [0.29, 0.717) is 6.54 Å². The molecule has 0 spiro atoms.